The molecule has 112 valence electrons. The van der Waals surface area contributed by atoms with Gasteiger partial charge in [0.25, 0.3) is 0 Å². The molecule has 0 aromatic heterocycles. The number of nitrogens with zero attached hydrogens (tertiary/aromatic N) is 2. The molecule has 0 atom stereocenters. The highest BCUT2D eigenvalue weighted by Gasteiger charge is 2.25. The van der Waals surface area contributed by atoms with E-state index in [1.54, 1.807) is 11.0 Å². The Balaban J connectivity index is 1.99. The summed E-state index contributed by atoms with van der Waals surface area (Å²) >= 11 is 0. The summed E-state index contributed by atoms with van der Waals surface area (Å²) in [4.78, 5) is 37.8. The predicted octanol–water partition coefficient (Wildman–Crippen LogP) is 0.543. The fraction of sp³-hybridized carbons (Fsp3) is 0.400. The van der Waals surface area contributed by atoms with E-state index in [2.05, 4.69) is 5.32 Å². The first-order chi connectivity index (χ1) is 10.0. The van der Waals surface area contributed by atoms with Crippen LogP contribution in [0.25, 0.3) is 0 Å². The number of carbonyl (C=O) groups excluding carboxylic acids is 3. The van der Waals surface area contributed by atoms with Crippen molar-refractivity contribution in [1.82, 2.24) is 9.80 Å². The molecule has 0 aliphatic carbocycles. The molecule has 1 N–H and O–H groups in total. The smallest absolute Gasteiger partial charge is 0.313 e. The van der Waals surface area contributed by atoms with Crippen LogP contribution in [0.15, 0.2) is 18.2 Å². The van der Waals surface area contributed by atoms with E-state index in [4.69, 9.17) is 0 Å². The van der Waals surface area contributed by atoms with Crippen molar-refractivity contribution >= 4 is 23.9 Å². The molecular formula is C15H19N3O3. The normalized spacial score (nSPS) is 14.8. The maximum absolute atomic E-state index is 12.1. The van der Waals surface area contributed by atoms with Crippen molar-refractivity contribution in [2.75, 3.05) is 31.5 Å². The average molecular weight is 289 g/mol. The molecular weight excluding hydrogens is 270 g/mol. The third-order valence-corrected chi connectivity index (χ3v) is 3.80. The summed E-state index contributed by atoms with van der Waals surface area (Å²) in [6, 6.07) is 5.56. The number of benzene rings is 1. The summed E-state index contributed by atoms with van der Waals surface area (Å²) in [5.41, 5.74) is 2.66. The van der Waals surface area contributed by atoms with Gasteiger partial charge in [-0.1, -0.05) is 12.1 Å². The van der Waals surface area contributed by atoms with Crippen LogP contribution in [0.3, 0.4) is 0 Å². The average Bonchev–Trinajstić information content (AvgIpc) is 2.51. The SMILES string of the molecule is Cc1cccc(NC(=O)C(=O)N2CCN(C=O)CC2)c1C. The molecule has 0 saturated carbocycles. The van der Waals surface area contributed by atoms with E-state index in [1.807, 2.05) is 26.0 Å². The molecule has 1 saturated heterocycles. The van der Waals surface area contributed by atoms with Gasteiger partial charge in [-0.15, -0.1) is 0 Å². The zero-order valence-corrected chi connectivity index (χ0v) is 12.3. The molecule has 1 aliphatic heterocycles. The molecule has 1 aromatic rings. The summed E-state index contributed by atoms with van der Waals surface area (Å²) in [5, 5.41) is 2.66. The third kappa shape index (κ3) is 3.39. The molecule has 1 aliphatic rings. The summed E-state index contributed by atoms with van der Waals surface area (Å²) in [6.45, 7) is 5.55. The fourth-order valence-electron chi connectivity index (χ4n) is 2.24. The van der Waals surface area contributed by atoms with Crippen molar-refractivity contribution < 1.29 is 14.4 Å². The topological polar surface area (TPSA) is 69.7 Å². The van der Waals surface area contributed by atoms with Crippen LogP contribution in [0.5, 0.6) is 0 Å². The lowest BCUT2D eigenvalue weighted by Gasteiger charge is -2.32. The molecule has 0 radical (unpaired) electrons. The first kappa shape index (κ1) is 15.0. The zero-order valence-electron chi connectivity index (χ0n) is 12.3. The molecule has 3 amide bonds. The van der Waals surface area contributed by atoms with Gasteiger partial charge in [-0.2, -0.15) is 0 Å². The quantitative estimate of drug-likeness (QED) is 0.638. The number of amides is 3. The molecule has 21 heavy (non-hydrogen) atoms. The number of rotatable bonds is 2. The minimum absolute atomic E-state index is 0.387. The van der Waals surface area contributed by atoms with E-state index in [1.165, 1.54) is 4.90 Å². The second kappa shape index (κ2) is 6.39. The second-order valence-electron chi connectivity index (χ2n) is 5.14. The minimum atomic E-state index is -0.636. The molecule has 1 aromatic carbocycles. The first-order valence-electron chi connectivity index (χ1n) is 6.88. The van der Waals surface area contributed by atoms with E-state index in [0.29, 0.717) is 31.9 Å². The van der Waals surface area contributed by atoms with Gasteiger partial charge in [0, 0.05) is 31.9 Å². The fourth-order valence-corrected chi connectivity index (χ4v) is 2.24. The van der Waals surface area contributed by atoms with Gasteiger partial charge in [-0.3, -0.25) is 14.4 Å². The van der Waals surface area contributed by atoms with Gasteiger partial charge in [0.2, 0.25) is 6.41 Å². The van der Waals surface area contributed by atoms with Crippen molar-refractivity contribution in [2.24, 2.45) is 0 Å². The Morgan fingerprint density at radius 3 is 2.43 bits per heavy atom. The van der Waals surface area contributed by atoms with Crippen LogP contribution >= 0.6 is 0 Å². The van der Waals surface area contributed by atoms with Gasteiger partial charge in [0.15, 0.2) is 0 Å². The Labute approximate surface area is 123 Å². The Morgan fingerprint density at radius 2 is 1.81 bits per heavy atom. The highest BCUT2D eigenvalue weighted by atomic mass is 16.2. The Kier molecular flexibility index (Phi) is 4.57. The Hall–Kier alpha value is -2.37. The van der Waals surface area contributed by atoms with Gasteiger partial charge in [-0.05, 0) is 31.0 Å². The molecule has 1 fully saturated rings. The van der Waals surface area contributed by atoms with Gasteiger partial charge in [0.1, 0.15) is 0 Å². The van der Waals surface area contributed by atoms with Crippen LogP contribution in [0.1, 0.15) is 11.1 Å². The summed E-state index contributed by atoms with van der Waals surface area (Å²) < 4.78 is 0. The monoisotopic (exact) mass is 289 g/mol. The van der Waals surface area contributed by atoms with E-state index in [0.717, 1.165) is 17.5 Å². The maximum atomic E-state index is 12.1. The van der Waals surface area contributed by atoms with Gasteiger partial charge < -0.3 is 15.1 Å². The van der Waals surface area contributed by atoms with Crippen LogP contribution < -0.4 is 5.32 Å². The molecule has 0 unspecified atom stereocenters. The molecule has 2 rings (SSSR count). The van der Waals surface area contributed by atoms with Crippen LogP contribution in [0, 0.1) is 13.8 Å². The minimum Gasteiger partial charge on any atom is -0.342 e. The van der Waals surface area contributed by atoms with Gasteiger partial charge >= 0.3 is 11.8 Å². The molecule has 6 heteroatoms. The zero-order chi connectivity index (χ0) is 15.4. The lowest BCUT2D eigenvalue weighted by molar-refractivity contribution is -0.144. The molecule has 1 heterocycles. The number of hydrogen-bond donors (Lipinski definition) is 1. The number of carbonyl (C=O) groups is 3. The third-order valence-electron chi connectivity index (χ3n) is 3.80. The van der Waals surface area contributed by atoms with E-state index >= 15 is 0 Å². The number of hydrogen-bond acceptors (Lipinski definition) is 3. The van der Waals surface area contributed by atoms with Crippen molar-refractivity contribution in [2.45, 2.75) is 13.8 Å². The Bertz CT molecular complexity index is 563. The maximum Gasteiger partial charge on any atom is 0.313 e. The number of piperazine rings is 1. The van der Waals surface area contributed by atoms with Crippen LogP contribution in [0.4, 0.5) is 5.69 Å². The van der Waals surface area contributed by atoms with Crippen molar-refractivity contribution in [3.63, 3.8) is 0 Å². The largest absolute Gasteiger partial charge is 0.342 e. The Morgan fingerprint density at radius 1 is 1.14 bits per heavy atom. The standard InChI is InChI=1S/C15H19N3O3/c1-11-4-3-5-13(12(11)2)16-14(20)15(21)18-8-6-17(10-19)7-9-18/h3-5,10H,6-9H2,1-2H3,(H,16,20). The number of anilines is 1. The highest BCUT2D eigenvalue weighted by Crippen LogP contribution is 2.18. The molecule has 0 bridgehead atoms. The molecule has 0 spiro atoms. The predicted molar refractivity (Wildman–Crippen MR) is 78.8 cm³/mol. The van der Waals surface area contributed by atoms with Crippen LogP contribution in [-0.4, -0.2) is 54.2 Å². The molecule has 6 nitrogen and oxygen atoms in total. The van der Waals surface area contributed by atoms with Gasteiger partial charge in [0.05, 0.1) is 0 Å². The van der Waals surface area contributed by atoms with Crippen molar-refractivity contribution in [3.05, 3.63) is 29.3 Å². The second-order valence-corrected chi connectivity index (χ2v) is 5.14. The summed E-state index contributed by atoms with van der Waals surface area (Å²) in [6.07, 6.45) is 0.762. The highest BCUT2D eigenvalue weighted by molar-refractivity contribution is 6.39. The van der Waals surface area contributed by atoms with Crippen molar-refractivity contribution in [1.29, 1.82) is 0 Å². The first-order valence-corrected chi connectivity index (χ1v) is 6.88. The van der Waals surface area contributed by atoms with E-state index in [-0.39, 0.29) is 0 Å². The van der Waals surface area contributed by atoms with Gasteiger partial charge in [-0.25, -0.2) is 0 Å². The van der Waals surface area contributed by atoms with E-state index in [9.17, 15) is 14.4 Å². The summed E-state index contributed by atoms with van der Waals surface area (Å²) in [7, 11) is 0. The van der Waals surface area contributed by atoms with Crippen LogP contribution in [0.2, 0.25) is 0 Å². The summed E-state index contributed by atoms with van der Waals surface area (Å²) in [5.74, 6) is -1.19. The van der Waals surface area contributed by atoms with E-state index < -0.39 is 11.8 Å². The van der Waals surface area contributed by atoms with Crippen LogP contribution in [-0.2, 0) is 14.4 Å². The van der Waals surface area contributed by atoms with Crippen molar-refractivity contribution in [3.8, 4) is 0 Å². The number of aryl methyl sites for hydroxylation is 1. The number of nitrogens with one attached hydrogen (secondary N) is 1. The lowest BCUT2D eigenvalue weighted by Crippen LogP contribution is -2.51. The lowest BCUT2D eigenvalue weighted by atomic mass is 10.1.